The van der Waals surface area contributed by atoms with E-state index in [0.29, 0.717) is 18.2 Å². The van der Waals surface area contributed by atoms with E-state index < -0.39 is 0 Å². The highest BCUT2D eigenvalue weighted by Crippen LogP contribution is 2.33. The van der Waals surface area contributed by atoms with Crippen LogP contribution in [-0.4, -0.2) is 12.5 Å². The molecule has 0 bridgehead atoms. The number of aryl methyl sites for hydroxylation is 1. The molecule has 1 unspecified atom stereocenters. The summed E-state index contributed by atoms with van der Waals surface area (Å²) in [7, 11) is 0. The van der Waals surface area contributed by atoms with Crippen LogP contribution in [0, 0.1) is 0 Å². The zero-order chi connectivity index (χ0) is 14.7. The summed E-state index contributed by atoms with van der Waals surface area (Å²) in [6, 6.07) is 9.97. The zero-order valence-electron chi connectivity index (χ0n) is 12.2. The van der Waals surface area contributed by atoms with Gasteiger partial charge in [0.15, 0.2) is 0 Å². The Kier molecular flexibility index (Phi) is 3.95. The van der Waals surface area contributed by atoms with Crippen LogP contribution in [0.15, 0.2) is 41.0 Å². The summed E-state index contributed by atoms with van der Waals surface area (Å²) in [6.07, 6.45) is 5.03. The SMILES string of the molecule is CCNC(=O)c1ccc(NC2CCCc3occc32)cc1. The van der Waals surface area contributed by atoms with Crippen molar-refractivity contribution in [3.8, 4) is 0 Å². The highest BCUT2D eigenvalue weighted by Gasteiger charge is 2.22. The predicted octanol–water partition coefficient (Wildman–Crippen LogP) is 3.52. The molecule has 4 heteroatoms. The topological polar surface area (TPSA) is 54.3 Å². The van der Waals surface area contributed by atoms with Gasteiger partial charge in [0, 0.05) is 29.8 Å². The van der Waals surface area contributed by atoms with E-state index in [-0.39, 0.29) is 5.91 Å². The van der Waals surface area contributed by atoms with Crippen molar-refractivity contribution in [2.24, 2.45) is 0 Å². The Morgan fingerprint density at radius 1 is 1.29 bits per heavy atom. The summed E-state index contributed by atoms with van der Waals surface area (Å²) in [5.74, 6) is 1.07. The summed E-state index contributed by atoms with van der Waals surface area (Å²) in [6.45, 7) is 2.56. The van der Waals surface area contributed by atoms with E-state index in [1.807, 2.05) is 31.2 Å². The van der Waals surface area contributed by atoms with Crippen LogP contribution in [0.1, 0.15) is 47.5 Å². The molecular formula is C17H20N2O2. The Morgan fingerprint density at radius 3 is 2.86 bits per heavy atom. The summed E-state index contributed by atoms with van der Waals surface area (Å²) < 4.78 is 5.51. The third-order valence-corrected chi connectivity index (χ3v) is 3.88. The molecule has 1 aromatic carbocycles. The minimum atomic E-state index is -0.0289. The van der Waals surface area contributed by atoms with Crippen molar-refractivity contribution in [1.29, 1.82) is 0 Å². The van der Waals surface area contributed by atoms with E-state index in [0.717, 1.165) is 30.7 Å². The number of benzene rings is 1. The van der Waals surface area contributed by atoms with E-state index >= 15 is 0 Å². The third-order valence-electron chi connectivity index (χ3n) is 3.88. The quantitative estimate of drug-likeness (QED) is 0.903. The maximum atomic E-state index is 11.7. The van der Waals surface area contributed by atoms with E-state index in [9.17, 15) is 4.79 Å². The van der Waals surface area contributed by atoms with Gasteiger partial charge < -0.3 is 15.1 Å². The molecule has 1 aliphatic carbocycles. The van der Waals surface area contributed by atoms with Gasteiger partial charge >= 0.3 is 0 Å². The van der Waals surface area contributed by atoms with Gasteiger partial charge in [-0.2, -0.15) is 0 Å². The molecular weight excluding hydrogens is 264 g/mol. The summed E-state index contributed by atoms with van der Waals surface area (Å²) in [5, 5.41) is 6.33. The van der Waals surface area contributed by atoms with Crippen molar-refractivity contribution in [1.82, 2.24) is 5.32 Å². The molecule has 1 heterocycles. The second kappa shape index (κ2) is 6.04. The Labute approximate surface area is 124 Å². The lowest BCUT2D eigenvalue weighted by molar-refractivity contribution is 0.0956. The van der Waals surface area contributed by atoms with Gasteiger partial charge in [-0.1, -0.05) is 0 Å². The molecule has 2 N–H and O–H groups in total. The molecule has 0 aliphatic heterocycles. The summed E-state index contributed by atoms with van der Waals surface area (Å²) in [5.41, 5.74) is 2.98. The number of amides is 1. The molecule has 1 amide bonds. The molecule has 0 fully saturated rings. The maximum Gasteiger partial charge on any atom is 0.251 e. The number of carbonyl (C=O) groups is 1. The molecule has 110 valence electrons. The highest BCUT2D eigenvalue weighted by molar-refractivity contribution is 5.94. The number of furan rings is 1. The van der Waals surface area contributed by atoms with E-state index in [4.69, 9.17) is 4.42 Å². The van der Waals surface area contributed by atoms with Gasteiger partial charge in [-0.25, -0.2) is 0 Å². The lowest BCUT2D eigenvalue weighted by Gasteiger charge is -2.23. The van der Waals surface area contributed by atoms with Crippen LogP contribution < -0.4 is 10.6 Å². The largest absolute Gasteiger partial charge is 0.469 e. The molecule has 0 spiro atoms. The average molecular weight is 284 g/mol. The first kappa shape index (κ1) is 13.7. The Bertz CT molecular complexity index is 616. The van der Waals surface area contributed by atoms with Gasteiger partial charge in [-0.3, -0.25) is 4.79 Å². The van der Waals surface area contributed by atoms with Crippen LogP contribution in [-0.2, 0) is 6.42 Å². The van der Waals surface area contributed by atoms with Gasteiger partial charge in [-0.15, -0.1) is 0 Å². The second-order valence-corrected chi connectivity index (χ2v) is 5.33. The van der Waals surface area contributed by atoms with Crippen LogP contribution in [0.25, 0.3) is 0 Å². The highest BCUT2D eigenvalue weighted by atomic mass is 16.3. The van der Waals surface area contributed by atoms with Crippen molar-refractivity contribution < 1.29 is 9.21 Å². The third kappa shape index (κ3) is 2.94. The lowest BCUT2D eigenvalue weighted by Crippen LogP contribution is -2.22. The molecule has 1 aliphatic rings. The van der Waals surface area contributed by atoms with E-state index in [1.54, 1.807) is 6.26 Å². The fourth-order valence-corrected chi connectivity index (χ4v) is 2.82. The molecule has 4 nitrogen and oxygen atoms in total. The molecule has 0 saturated heterocycles. The second-order valence-electron chi connectivity index (χ2n) is 5.33. The standard InChI is InChI=1S/C17H20N2O2/c1-2-18-17(20)12-6-8-13(9-7-12)19-15-4-3-5-16-14(15)10-11-21-16/h6-11,15,19H,2-5H2,1H3,(H,18,20). The van der Waals surface area contributed by atoms with Crippen molar-refractivity contribution in [2.75, 3.05) is 11.9 Å². The van der Waals surface area contributed by atoms with Gasteiger partial charge in [0.1, 0.15) is 5.76 Å². The number of nitrogens with one attached hydrogen (secondary N) is 2. The molecule has 0 saturated carbocycles. The minimum Gasteiger partial charge on any atom is -0.469 e. The summed E-state index contributed by atoms with van der Waals surface area (Å²) >= 11 is 0. The van der Waals surface area contributed by atoms with Crippen LogP contribution in [0.2, 0.25) is 0 Å². The molecule has 1 aromatic heterocycles. The average Bonchev–Trinajstić information content (AvgIpc) is 2.98. The first-order chi connectivity index (χ1) is 10.3. The Hall–Kier alpha value is -2.23. The summed E-state index contributed by atoms with van der Waals surface area (Å²) in [4.78, 5) is 11.7. The maximum absolute atomic E-state index is 11.7. The van der Waals surface area contributed by atoms with E-state index in [2.05, 4.69) is 16.7 Å². The number of anilines is 1. The Balaban J connectivity index is 1.71. The fourth-order valence-electron chi connectivity index (χ4n) is 2.82. The predicted molar refractivity (Wildman–Crippen MR) is 82.5 cm³/mol. The molecule has 0 radical (unpaired) electrons. The number of hydrogen-bond acceptors (Lipinski definition) is 3. The Morgan fingerprint density at radius 2 is 2.10 bits per heavy atom. The van der Waals surface area contributed by atoms with Gasteiger partial charge in [0.2, 0.25) is 0 Å². The first-order valence-electron chi connectivity index (χ1n) is 7.49. The van der Waals surface area contributed by atoms with E-state index in [1.165, 1.54) is 5.56 Å². The smallest absolute Gasteiger partial charge is 0.251 e. The van der Waals surface area contributed by atoms with Gasteiger partial charge in [0.05, 0.1) is 12.3 Å². The number of fused-ring (bicyclic) bond motifs is 1. The van der Waals surface area contributed by atoms with Crippen LogP contribution in [0.5, 0.6) is 0 Å². The van der Waals surface area contributed by atoms with Crippen molar-refractivity contribution >= 4 is 11.6 Å². The fraction of sp³-hybridized carbons (Fsp3) is 0.353. The van der Waals surface area contributed by atoms with Gasteiger partial charge in [-0.05, 0) is 50.1 Å². The minimum absolute atomic E-state index is 0.0289. The van der Waals surface area contributed by atoms with Crippen molar-refractivity contribution in [3.05, 3.63) is 53.5 Å². The first-order valence-corrected chi connectivity index (χ1v) is 7.49. The van der Waals surface area contributed by atoms with Crippen molar-refractivity contribution in [3.63, 3.8) is 0 Å². The van der Waals surface area contributed by atoms with Gasteiger partial charge in [0.25, 0.3) is 5.91 Å². The normalized spacial score (nSPS) is 17.1. The molecule has 2 aromatic rings. The van der Waals surface area contributed by atoms with Crippen LogP contribution >= 0.6 is 0 Å². The molecule has 21 heavy (non-hydrogen) atoms. The molecule has 3 rings (SSSR count). The van der Waals surface area contributed by atoms with Crippen LogP contribution in [0.3, 0.4) is 0 Å². The number of rotatable bonds is 4. The van der Waals surface area contributed by atoms with Crippen molar-refractivity contribution in [2.45, 2.75) is 32.2 Å². The monoisotopic (exact) mass is 284 g/mol. The number of carbonyl (C=O) groups excluding carboxylic acids is 1. The van der Waals surface area contributed by atoms with Crippen LogP contribution in [0.4, 0.5) is 5.69 Å². The number of hydrogen-bond donors (Lipinski definition) is 2. The lowest BCUT2D eigenvalue weighted by atomic mass is 9.93. The zero-order valence-corrected chi connectivity index (χ0v) is 12.2. The molecule has 1 atom stereocenters.